The van der Waals surface area contributed by atoms with Gasteiger partial charge >= 0.3 is 16.2 Å². The zero-order valence-electron chi connectivity index (χ0n) is 7.79. The van der Waals surface area contributed by atoms with Crippen molar-refractivity contribution in [2.24, 2.45) is 0 Å². The Labute approximate surface area is 100 Å². The second-order valence-corrected chi connectivity index (χ2v) is 6.79. The first-order chi connectivity index (χ1) is 7.51. The highest BCUT2D eigenvalue weighted by atomic mass is 35.7. The Hall–Kier alpha value is -1.19. The molecule has 1 N–H and O–H groups in total. The van der Waals surface area contributed by atoms with Gasteiger partial charge in [0.2, 0.25) is 0 Å². The Morgan fingerprint density at radius 2 is 1.59 bits per heavy atom. The first-order valence-electron chi connectivity index (χ1n) is 3.79. The summed E-state index contributed by atoms with van der Waals surface area (Å²) in [6.45, 7) is 0. The molecule has 0 saturated heterocycles. The number of aromatic carboxylic acids is 1. The molecule has 0 aliphatic carbocycles. The lowest BCUT2D eigenvalue weighted by atomic mass is 10.2. The number of hydrogen-bond donors (Lipinski definition) is 1. The lowest BCUT2D eigenvalue weighted by Crippen LogP contribution is -2.03. The molecule has 0 fully saturated rings. The van der Waals surface area contributed by atoms with Crippen molar-refractivity contribution in [3.05, 3.63) is 23.8 Å². The highest BCUT2D eigenvalue weighted by Gasteiger charge is 2.21. The van der Waals surface area contributed by atoms with Gasteiger partial charge in [0, 0.05) is 10.7 Å². The number of carboxylic acid groups (broad SMARTS) is 1. The SMILES string of the molecule is O=C(O)c1cc(S(=O)(=O)F)cc(S(=O)(=O)Cl)c1. The smallest absolute Gasteiger partial charge is 0.335 e. The Morgan fingerprint density at radius 3 is 1.94 bits per heavy atom. The number of hydrogen-bond acceptors (Lipinski definition) is 5. The normalized spacial score (nSPS) is 12.4. The van der Waals surface area contributed by atoms with Crippen LogP contribution in [0.4, 0.5) is 3.89 Å². The molecule has 1 aromatic rings. The van der Waals surface area contributed by atoms with Crippen LogP contribution in [0.15, 0.2) is 28.0 Å². The van der Waals surface area contributed by atoms with Crippen LogP contribution in [0.2, 0.25) is 0 Å². The number of carboxylic acids is 1. The van der Waals surface area contributed by atoms with Crippen molar-refractivity contribution in [3.63, 3.8) is 0 Å². The summed E-state index contributed by atoms with van der Waals surface area (Å²) in [5, 5.41) is 8.61. The van der Waals surface area contributed by atoms with Crippen molar-refractivity contribution in [2.75, 3.05) is 0 Å². The highest BCUT2D eigenvalue weighted by Crippen LogP contribution is 2.23. The molecule has 1 rings (SSSR count). The van der Waals surface area contributed by atoms with Gasteiger partial charge in [-0.1, -0.05) is 0 Å². The second kappa shape index (κ2) is 4.24. The summed E-state index contributed by atoms with van der Waals surface area (Å²) in [6.07, 6.45) is 0. The summed E-state index contributed by atoms with van der Waals surface area (Å²) in [5.41, 5.74) is -0.706. The van der Waals surface area contributed by atoms with Gasteiger partial charge in [-0.25, -0.2) is 13.2 Å². The summed E-state index contributed by atoms with van der Waals surface area (Å²) >= 11 is 0. The first-order valence-corrected chi connectivity index (χ1v) is 7.49. The van der Waals surface area contributed by atoms with Crippen LogP contribution in [0.3, 0.4) is 0 Å². The van der Waals surface area contributed by atoms with Crippen LogP contribution >= 0.6 is 10.7 Å². The Bertz CT molecular complexity index is 628. The van der Waals surface area contributed by atoms with Gasteiger partial charge in [-0.2, -0.15) is 8.42 Å². The third-order valence-corrected chi connectivity index (χ3v) is 3.82. The van der Waals surface area contributed by atoms with Crippen LogP contribution < -0.4 is 0 Å². The highest BCUT2D eigenvalue weighted by molar-refractivity contribution is 8.13. The van der Waals surface area contributed by atoms with Gasteiger partial charge in [-0.3, -0.25) is 0 Å². The van der Waals surface area contributed by atoms with Gasteiger partial charge in [0.1, 0.15) is 4.90 Å². The van der Waals surface area contributed by atoms with Crippen molar-refractivity contribution in [2.45, 2.75) is 9.79 Å². The van der Waals surface area contributed by atoms with Gasteiger partial charge in [-0.05, 0) is 18.2 Å². The summed E-state index contributed by atoms with van der Waals surface area (Å²) in [5.74, 6) is -1.61. The summed E-state index contributed by atoms with van der Waals surface area (Å²) < 4.78 is 55.7. The lowest BCUT2D eigenvalue weighted by Gasteiger charge is -2.02. The third-order valence-electron chi connectivity index (χ3n) is 1.69. The van der Waals surface area contributed by atoms with Gasteiger partial charge in [-0.15, -0.1) is 3.89 Å². The maximum atomic E-state index is 12.7. The zero-order valence-corrected chi connectivity index (χ0v) is 10.2. The molecular formula is C7H4ClFO6S2. The predicted molar refractivity (Wildman–Crippen MR) is 54.7 cm³/mol. The molecule has 10 heteroatoms. The van der Waals surface area contributed by atoms with E-state index in [9.17, 15) is 25.5 Å². The number of carbonyl (C=O) groups is 1. The van der Waals surface area contributed by atoms with E-state index in [0.29, 0.717) is 18.2 Å². The number of rotatable bonds is 3. The molecule has 0 aliphatic heterocycles. The van der Waals surface area contributed by atoms with Crippen molar-refractivity contribution in [1.82, 2.24) is 0 Å². The lowest BCUT2D eigenvalue weighted by molar-refractivity contribution is 0.0696. The maximum Gasteiger partial charge on any atom is 0.335 e. The van der Waals surface area contributed by atoms with Crippen LogP contribution in [0.25, 0.3) is 0 Å². The minimum absolute atomic E-state index is 0.435. The van der Waals surface area contributed by atoms with Crippen LogP contribution in [-0.4, -0.2) is 27.9 Å². The molecule has 0 atom stereocenters. The van der Waals surface area contributed by atoms with E-state index in [1.54, 1.807) is 0 Å². The average molecular weight is 303 g/mol. The van der Waals surface area contributed by atoms with E-state index in [2.05, 4.69) is 0 Å². The van der Waals surface area contributed by atoms with Crippen LogP contribution in [0.1, 0.15) is 10.4 Å². The molecular weight excluding hydrogens is 299 g/mol. The third kappa shape index (κ3) is 3.38. The van der Waals surface area contributed by atoms with E-state index in [0.717, 1.165) is 0 Å². The molecule has 0 aromatic heterocycles. The van der Waals surface area contributed by atoms with E-state index in [1.165, 1.54) is 0 Å². The van der Waals surface area contributed by atoms with Crippen LogP contribution in [0, 0.1) is 0 Å². The van der Waals surface area contributed by atoms with E-state index < -0.39 is 40.6 Å². The second-order valence-electron chi connectivity index (χ2n) is 2.87. The van der Waals surface area contributed by atoms with Gasteiger partial charge in [0.05, 0.1) is 10.5 Å². The predicted octanol–water partition coefficient (Wildman–Crippen LogP) is 0.971. The largest absolute Gasteiger partial charge is 0.478 e. The molecule has 17 heavy (non-hydrogen) atoms. The number of benzene rings is 1. The summed E-state index contributed by atoms with van der Waals surface area (Å²) in [6, 6.07) is 1.55. The topological polar surface area (TPSA) is 106 Å². The minimum atomic E-state index is -5.23. The molecule has 0 heterocycles. The fraction of sp³-hybridized carbons (Fsp3) is 0. The van der Waals surface area contributed by atoms with Crippen molar-refractivity contribution in [3.8, 4) is 0 Å². The average Bonchev–Trinajstić information content (AvgIpc) is 2.14. The van der Waals surface area contributed by atoms with Crippen molar-refractivity contribution in [1.29, 1.82) is 0 Å². The van der Waals surface area contributed by atoms with Crippen molar-refractivity contribution < 1.29 is 30.6 Å². The molecule has 0 unspecified atom stereocenters. The Morgan fingerprint density at radius 1 is 1.12 bits per heavy atom. The number of halogens is 2. The minimum Gasteiger partial charge on any atom is -0.478 e. The first kappa shape index (κ1) is 13.9. The molecule has 0 bridgehead atoms. The van der Waals surface area contributed by atoms with Crippen molar-refractivity contribution >= 4 is 35.9 Å². The Balaban J connectivity index is 3.68. The quantitative estimate of drug-likeness (QED) is 0.834. The molecule has 0 aliphatic rings. The van der Waals surface area contributed by atoms with Gasteiger partial charge < -0.3 is 5.11 Å². The maximum absolute atomic E-state index is 12.7. The summed E-state index contributed by atoms with van der Waals surface area (Å²) in [4.78, 5) is 8.71. The van der Waals surface area contributed by atoms with E-state index in [1.807, 2.05) is 0 Å². The van der Waals surface area contributed by atoms with Gasteiger partial charge in [0.25, 0.3) is 9.05 Å². The molecule has 94 valence electrons. The standard InChI is InChI=1S/C7H4ClFO6S2/c8-16(12,13)5-1-4(7(10)11)2-6(3-5)17(9,14)15/h1-3H,(H,10,11). The van der Waals surface area contributed by atoms with Gasteiger partial charge in [0.15, 0.2) is 0 Å². The fourth-order valence-electron chi connectivity index (χ4n) is 0.977. The van der Waals surface area contributed by atoms with Crippen LogP contribution in [0.5, 0.6) is 0 Å². The molecule has 0 saturated carbocycles. The Kier molecular flexibility index (Phi) is 3.46. The van der Waals surface area contributed by atoms with Crippen LogP contribution in [-0.2, 0) is 19.3 Å². The zero-order chi connectivity index (χ0) is 13.4. The molecule has 6 nitrogen and oxygen atoms in total. The molecule has 0 radical (unpaired) electrons. The molecule has 0 spiro atoms. The summed E-state index contributed by atoms with van der Waals surface area (Å²) in [7, 11) is -4.67. The fourth-order valence-corrected chi connectivity index (χ4v) is 2.39. The van der Waals surface area contributed by atoms with E-state index in [-0.39, 0.29) is 0 Å². The monoisotopic (exact) mass is 302 g/mol. The van der Waals surface area contributed by atoms with E-state index >= 15 is 0 Å². The molecule has 0 amide bonds. The molecule has 1 aromatic carbocycles. The van der Waals surface area contributed by atoms with E-state index in [4.69, 9.17) is 15.8 Å².